The van der Waals surface area contributed by atoms with E-state index in [2.05, 4.69) is 4.98 Å². The van der Waals surface area contributed by atoms with E-state index in [1.807, 2.05) is 17.6 Å². The molecular formula is C12H14N2O3. The van der Waals surface area contributed by atoms with Gasteiger partial charge in [-0.1, -0.05) is 6.07 Å². The summed E-state index contributed by atoms with van der Waals surface area (Å²) in [5.74, 6) is -0.958. The zero-order valence-corrected chi connectivity index (χ0v) is 9.75. The maximum Gasteiger partial charge on any atom is 0.337 e. The molecule has 0 amide bonds. The van der Waals surface area contributed by atoms with Crippen LogP contribution in [0.3, 0.4) is 0 Å². The summed E-state index contributed by atoms with van der Waals surface area (Å²) in [7, 11) is 1.65. The number of ether oxygens (including phenoxy) is 1. The Morgan fingerprint density at radius 2 is 2.35 bits per heavy atom. The molecule has 0 saturated carbocycles. The number of fused-ring (bicyclic) bond motifs is 1. The van der Waals surface area contributed by atoms with E-state index in [0.717, 1.165) is 5.52 Å². The van der Waals surface area contributed by atoms with Gasteiger partial charge >= 0.3 is 5.97 Å². The van der Waals surface area contributed by atoms with E-state index >= 15 is 0 Å². The van der Waals surface area contributed by atoms with Crippen LogP contribution < -0.4 is 0 Å². The summed E-state index contributed by atoms with van der Waals surface area (Å²) < 4.78 is 7.08. The average molecular weight is 234 g/mol. The van der Waals surface area contributed by atoms with Crippen LogP contribution in [0.4, 0.5) is 0 Å². The maximum atomic E-state index is 11.0. The van der Waals surface area contributed by atoms with E-state index in [1.54, 1.807) is 25.6 Å². The van der Waals surface area contributed by atoms with Gasteiger partial charge in [-0.05, 0) is 19.1 Å². The van der Waals surface area contributed by atoms with Crippen molar-refractivity contribution in [2.75, 3.05) is 7.11 Å². The lowest BCUT2D eigenvalue weighted by molar-refractivity contribution is 0.0699. The third kappa shape index (κ3) is 2.14. The van der Waals surface area contributed by atoms with Gasteiger partial charge in [-0.25, -0.2) is 9.78 Å². The van der Waals surface area contributed by atoms with Crippen molar-refractivity contribution in [2.24, 2.45) is 0 Å². The number of nitrogens with zero attached hydrogens (tertiary/aromatic N) is 2. The van der Waals surface area contributed by atoms with Crippen molar-refractivity contribution >= 4 is 17.0 Å². The minimum Gasteiger partial charge on any atom is -0.478 e. The molecule has 0 fully saturated rings. The summed E-state index contributed by atoms with van der Waals surface area (Å²) in [6.07, 6.45) is 1.70. The fraction of sp³-hybridized carbons (Fsp3) is 0.333. The number of benzene rings is 1. The Morgan fingerprint density at radius 3 is 3.00 bits per heavy atom. The zero-order valence-electron chi connectivity index (χ0n) is 9.75. The Bertz CT molecular complexity index is 548. The number of aromatic nitrogens is 2. The summed E-state index contributed by atoms with van der Waals surface area (Å²) in [6, 6.07) is 5.14. The lowest BCUT2D eigenvalue weighted by atomic mass is 10.2. The highest BCUT2D eigenvalue weighted by Gasteiger charge is 2.13. The lowest BCUT2D eigenvalue weighted by Gasteiger charge is -2.10. The number of para-hydroxylation sites is 1. The Kier molecular flexibility index (Phi) is 3.10. The van der Waals surface area contributed by atoms with Crippen LogP contribution in [0.25, 0.3) is 11.0 Å². The number of methoxy groups -OCH3 is 1. The Balaban J connectivity index is 2.47. The molecule has 0 aliphatic carbocycles. The summed E-state index contributed by atoms with van der Waals surface area (Å²) >= 11 is 0. The van der Waals surface area contributed by atoms with E-state index < -0.39 is 5.97 Å². The van der Waals surface area contributed by atoms with E-state index in [4.69, 9.17) is 9.84 Å². The summed E-state index contributed by atoms with van der Waals surface area (Å²) in [5.41, 5.74) is 1.56. The lowest BCUT2D eigenvalue weighted by Crippen LogP contribution is -2.13. The van der Waals surface area contributed by atoms with Crippen molar-refractivity contribution in [1.29, 1.82) is 0 Å². The molecule has 90 valence electrons. The number of carboxylic acid groups (broad SMARTS) is 1. The molecule has 1 aromatic heterocycles. The summed E-state index contributed by atoms with van der Waals surface area (Å²) in [6.45, 7) is 2.60. The van der Waals surface area contributed by atoms with E-state index in [1.165, 1.54) is 0 Å². The Hall–Kier alpha value is -1.88. The van der Waals surface area contributed by atoms with Gasteiger partial charge in [0.05, 0.1) is 30.1 Å². The van der Waals surface area contributed by atoms with Gasteiger partial charge in [0.15, 0.2) is 0 Å². The number of rotatable bonds is 4. The standard InChI is InChI=1S/C12H14N2O3/c1-8(17-2)6-14-7-13-11-9(12(15)16)4-3-5-10(11)14/h3-5,7-8H,6H2,1-2H3,(H,15,16). The first kappa shape index (κ1) is 11.6. The van der Waals surface area contributed by atoms with Gasteiger partial charge in [0.25, 0.3) is 0 Å². The fourth-order valence-corrected chi connectivity index (χ4v) is 1.76. The molecule has 2 rings (SSSR count). The summed E-state index contributed by atoms with van der Waals surface area (Å²) in [5, 5.41) is 9.05. The number of hydrogen-bond acceptors (Lipinski definition) is 3. The predicted octanol–water partition coefficient (Wildman–Crippen LogP) is 1.77. The van der Waals surface area contributed by atoms with Crippen molar-refractivity contribution in [1.82, 2.24) is 9.55 Å². The first-order chi connectivity index (χ1) is 8.13. The second kappa shape index (κ2) is 4.55. The molecule has 0 bridgehead atoms. The number of imidazole rings is 1. The number of carbonyl (C=O) groups is 1. The molecule has 0 spiro atoms. The zero-order chi connectivity index (χ0) is 12.4. The van der Waals surface area contributed by atoms with Crippen LogP contribution >= 0.6 is 0 Å². The molecule has 0 saturated heterocycles. The van der Waals surface area contributed by atoms with E-state index in [-0.39, 0.29) is 11.7 Å². The molecular weight excluding hydrogens is 220 g/mol. The number of carboxylic acids is 1. The maximum absolute atomic E-state index is 11.0. The van der Waals surface area contributed by atoms with Gasteiger partial charge in [0.1, 0.15) is 5.52 Å². The Morgan fingerprint density at radius 1 is 1.59 bits per heavy atom. The van der Waals surface area contributed by atoms with Gasteiger partial charge in [0.2, 0.25) is 0 Å². The highest BCUT2D eigenvalue weighted by Crippen LogP contribution is 2.18. The normalized spacial score (nSPS) is 12.8. The first-order valence-electron chi connectivity index (χ1n) is 5.33. The van der Waals surface area contributed by atoms with Gasteiger partial charge in [0, 0.05) is 7.11 Å². The van der Waals surface area contributed by atoms with Gasteiger partial charge in [-0.3, -0.25) is 0 Å². The SMILES string of the molecule is COC(C)Cn1cnc2c(C(=O)O)cccc21. The Labute approximate surface area is 98.6 Å². The molecule has 5 heteroatoms. The molecule has 1 heterocycles. The van der Waals surface area contributed by atoms with Crippen molar-refractivity contribution in [2.45, 2.75) is 19.6 Å². The van der Waals surface area contributed by atoms with Crippen LogP contribution in [0.1, 0.15) is 17.3 Å². The second-order valence-corrected chi connectivity index (χ2v) is 3.92. The molecule has 2 aromatic rings. The molecule has 1 N–H and O–H groups in total. The van der Waals surface area contributed by atoms with Crippen LogP contribution in [0.2, 0.25) is 0 Å². The van der Waals surface area contributed by atoms with E-state index in [0.29, 0.717) is 12.1 Å². The highest BCUT2D eigenvalue weighted by molar-refractivity contribution is 6.00. The van der Waals surface area contributed by atoms with Crippen LogP contribution in [0.5, 0.6) is 0 Å². The van der Waals surface area contributed by atoms with Crippen LogP contribution in [0, 0.1) is 0 Å². The van der Waals surface area contributed by atoms with Crippen molar-refractivity contribution in [3.63, 3.8) is 0 Å². The fourth-order valence-electron chi connectivity index (χ4n) is 1.76. The van der Waals surface area contributed by atoms with Crippen molar-refractivity contribution in [3.8, 4) is 0 Å². The molecule has 5 nitrogen and oxygen atoms in total. The van der Waals surface area contributed by atoms with Gasteiger partial charge < -0.3 is 14.4 Å². The average Bonchev–Trinajstić information content (AvgIpc) is 2.72. The largest absolute Gasteiger partial charge is 0.478 e. The number of hydrogen-bond donors (Lipinski definition) is 1. The minimum absolute atomic E-state index is 0.0564. The van der Waals surface area contributed by atoms with Crippen LogP contribution in [-0.4, -0.2) is 33.8 Å². The number of aromatic carboxylic acids is 1. The third-order valence-corrected chi connectivity index (χ3v) is 2.74. The molecule has 0 aliphatic rings. The topological polar surface area (TPSA) is 64.4 Å². The second-order valence-electron chi connectivity index (χ2n) is 3.92. The minimum atomic E-state index is -0.958. The smallest absolute Gasteiger partial charge is 0.337 e. The van der Waals surface area contributed by atoms with Crippen molar-refractivity contribution in [3.05, 3.63) is 30.1 Å². The highest BCUT2D eigenvalue weighted by atomic mass is 16.5. The van der Waals surface area contributed by atoms with Gasteiger partial charge in [-0.15, -0.1) is 0 Å². The quantitative estimate of drug-likeness (QED) is 0.875. The third-order valence-electron chi connectivity index (χ3n) is 2.74. The molecule has 1 unspecified atom stereocenters. The molecule has 1 atom stereocenters. The molecule has 0 radical (unpaired) electrons. The molecule has 1 aromatic carbocycles. The van der Waals surface area contributed by atoms with Gasteiger partial charge in [-0.2, -0.15) is 0 Å². The van der Waals surface area contributed by atoms with E-state index in [9.17, 15) is 4.79 Å². The predicted molar refractivity (Wildman–Crippen MR) is 63.2 cm³/mol. The summed E-state index contributed by atoms with van der Waals surface area (Å²) in [4.78, 5) is 15.2. The van der Waals surface area contributed by atoms with Crippen LogP contribution in [0.15, 0.2) is 24.5 Å². The molecule has 0 aliphatic heterocycles. The van der Waals surface area contributed by atoms with Crippen LogP contribution in [-0.2, 0) is 11.3 Å². The first-order valence-corrected chi connectivity index (χ1v) is 5.33. The molecule has 17 heavy (non-hydrogen) atoms. The van der Waals surface area contributed by atoms with Crippen molar-refractivity contribution < 1.29 is 14.6 Å². The monoisotopic (exact) mass is 234 g/mol.